The molecule has 1 amide bonds. The Bertz CT molecular complexity index is 627. The minimum absolute atomic E-state index is 0.130. The molecule has 2 aromatic carbocycles. The summed E-state index contributed by atoms with van der Waals surface area (Å²) in [7, 11) is 1.92. The van der Waals surface area contributed by atoms with Crippen molar-refractivity contribution in [2.24, 2.45) is 5.92 Å². The van der Waals surface area contributed by atoms with Gasteiger partial charge in [0.15, 0.2) is 0 Å². The fourth-order valence-electron chi connectivity index (χ4n) is 3.15. The Hall–Kier alpha value is -1.87. The molecule has 0 aromatic heterocycles. The normalized spacial score (nSPS) is 16.0. The lowest BCUT2D eigenvalue weighted by Gasteiger charge is -2.27. The number of amides is 1. The zero-order valence-electron chi connectivity index (χ0n) is 12.5. The third-order valence-electron chi connectivity index (χ3n) is 4.36. The van der Waals surface area contributed by atoms with Crippen LogP contribution in [0.1, 0.15) is 23.2 Å². The summed E-state index contributed by atoms with van der Waals surface area (Å²) in [5, 5.41) is 5.54. The quantitative estimate of drug-likeness (QED) is 0.939. The number of rotatable bonds is 3. The molecule has 1 heterocycles. The lowest BCUT2D eigenvalue weighted by Crippen LogP contribution is -2.37. The van der Waals surface area contributed by atoms with Gasteiger partial charge in [0.25, 0.3) is 5.91 Å². The molecular weight excluding hydrogens is 260 g/mol. The molecule has 0 spiro atoms. The van der Waals surface area contributed by atoms with Gasteiger partial charge in [0.1, 0.15) is 0 Å². The number of carbonyl (C=O) groups is 1. The van der Waals surface area contributed by atoms with E-state index in [1.807, 2.05) is 42.3 Å². The molecule has 0 aliphatic carbocycles. The van der Waals surface area contributed by atoms with Gasteiger partial charge >= 0.3 is 0 Å². The maximum absolute atomic E-state index is 12.7. The van der Waals surface area contributed by atoms with Crippen molar-refractivity contribution in [3.63, 3.8) is 0 Å². The Labute approximate surface area is 125 Å². The number of hydrogen-bond donors (Lipinski definition) is 1. The summed E-state index contributed by atoms with van der Waals surface area (Å²) in [5.41, 5.74) is 0.810. The summed E-state index contributed by atoms with van der Waals surface area (Å²) in [4.78, 5) is 14.6. The molecule has 0 atom stereocenters. The Balaban J connectivity index is 1.79. The summed E-state index contributed by atoms with van der Waals surface area (Å²) in [6.45, 7) is 2.99. The van der Waals surface area contributed by atoms with Crippen LogP contribution in [-0.4, -0.2) is 37.5 Å². The molecule has 1 fully saturated rings. The van der Waals surface area contributed by atoms with Crippen molar-refractivity contribution in [2.45, 2.75) is 12.8 Å². The zero-order chi connectivity index (χ0) is 14.7. The van der Waals surface area contributed by atoms with Gasteiger partial charge in [-0.2, -0.15) is 0 Å². The molecule has 1 aliphatic rings. The second-order valence-corrected chi connectivity index (χ2v) is 5.91. The first-order valence-corrected chi connectivity index (χ1v) is 7.69. The van der Waals surface area contributed by atoms with Crippen LogP contribution in [-0.2, 0) is 0 Å². The molecule has 1 aliphatic heterocycles. The molecule has 1 N–H and O–H groups in total. The van der Waals surface area contributed by atoms with Crippen molar-refractivity contribution in [1.82, 2.24) is 10.2 Å². The van der Waals surface area contributed by atoms with Crippen LogP contribution in [0.3, 0.4) is 0 Å². The van der Waals surface area contributed by atoms with Gasteiger partial charge in [0.2, 0.25) is 0 Å². The molecule has 0 saturated carbocycles. The number of piperidine rings is 1. The fourth-order valence-corrected chi connectivity index (χ4v) is 3.15. The molecule has 3 nitrogen and oxygen atoms in total. The largest absolute Gasteiger partial charge is 0.341 e. The van der Waals surface area contributed by atoms with Gasteiger partial charge in [-0.25, -0.2) is 0 Å². The molecule has 110 valence electrons. The van der Waals surface area contributed by atoms with Crippen LogP contribution < -0.4 is 5.32 Å². The Morgan fingerprint density at radius 3 is 2.67 bits per heavy atom. The SMILES string of the molecule is CN(CC1CCNCC1)C(=O)c1cccc2ccccc12. The molecule has 0 radical (unpaired) electrons. The fraction of sp³-hybridized carbons (Fsp3) is 0.389. The Morgan fingerprint density at radius 2 is 1.86 bits per heavy atom. The van der Waals surface area contributed by atoms with Crippen LogP contribution in [0.5, 0.6) is 0 Å². The van der Waals surface area contributed by atoms with Crippen molar-refractivity contribution in [2.75, 3.05) is 26.7 Å². The highest BCUT2D eigenvalue weighted by atomic mass is 16.2. The van der Waals surface area contributed by atoms with Crippen LogP contribution in [0, 0.1) is 5.92 Å². The minimum Gasteiger partial charge on any atom is -0.341 e. The zero-order valence-corrected chi connectivity index (χ0v) is 12.5. The van der Waals surface area contributed by atoms with E-state index in [4.69, 9.17) is 0 Å². The topological polar surface area (TPSA) is 32.3 Å². The number of hydrogen-bond acceptors (Lipinski definition) is 2. The maximum atomic E-state index is 12.7. The third-order valence-corrected chi connectivity index (χ3v) is 4.36. The predicted molar refractivity (Wildman–Crippen MR) is 86.5 cm³/mol. The van der Waals surface area contributed by atoms with E-state index in [1.165, 1.54) is 0 Å². The van der Waals surface area contributed by atoms with Gasteiger partial charge in [-0.15, -0.1) is 0 Å². The Morgan fingerprint density at radius 1 is 1.14 bits per heavy atom. The van der Waals surface area contributed by atoms with Crippen LogP contribution >= 0.6 is 0 Å². The standard InChI is InChI=1S/C18H22N2O/c1-20(13-14-9-11-19-12-10-14)18(21)17-8-4-6-15-5-2-3-7-16(15)17/h2-8,14,19H,9-13H2,1H3. The van der Waals surface area contributed by atoms with Crippen molar-refractivity contribution in [3.05, 3.63) is 48.0 Å². The smallest absolute Gasteiger partial charge is 0.254 e. The summed E-state index contributed by atoms with van der Waals surface area (Å²) in [6, 6.07) is 14.0. The first-order chi connectivity index (χ1) is 10.3. The highest BCUT2D eigenvalue weighted by Gasteiger charge is 2.20. The van der Waals surface area contributed by atoms with E-state index >= 15 is 0 Å². The first kappa shape index (κ1) is 14.1. The Kier molecular flexibility index (Phi) is 4.20. The number of benzene rings is 2. The van der Waals surface area contributed by atoms with Crippen LogP contribution in [0.25, 0.3) is 10.8 Å². The number of fused-ring (bicyclic) bond motifs is 1. The van der Waals surface area contributed by atoms with Crippen LogP contribution in [0.4, 0.5) is 0 Å². The molecule has 1 saturated heterocycles. The molecule has 3 rings (SSSR count). The maximum Gasteiger partial charge on any atom is 0.254 e. The third kappa shape index (κ3) is 3.08. The highest BCUT2D eigenvalue weighted by molar-refractivity contribution is 6.06. The van der Waals surface area contributed by atoms with E-state index in [9.17, 15) is 4.79 Å². The van der Waals surface area contributed by atoms with Gasteiger partial charge in [-0.1, -0.05) is 36.4 Å². The second kappa shape index (κ2) is 6.27. The van der Waals surface area contributed by atoms with Crippen molar-refractivity contribution in [3.8, 4) is 0 Å². The van der Waals surface area contributed by atoms with Gasteiger partial charge < -0.3 is 10.2 Å². The first-order valence-electron chi connectivity index (χ1n) is 7.69. The molecular formula is C18H22N2O. The van der Waals surface area contributed by atoms with Gasteiger partial charge in [-0.05, 0) is 48.7 Å². The average Bonchev–Trinajstić information content (AvgIpc) is 2.54. The van der Waals surface area contributed by atoms with E-state index in [0.717, 1.165) is 48.8 Å². The highest BCUT2D eigenvalue weighted by Crippen LogP contribution is 2.21. The van der Waals surface area contributed by atoms with Crippen molar-refractivity contribution >= 4 is 16.7 Å². The summed E-state index contributed by atoms with van der Waals surface area (Å²) < 4.78 is 0. The van der Waals surface area contributed by atoms with E-state index in [1.54, 1.807) is 0 Å². The van der Waals surface area contributed by atoms with Gasteiger partial charge in [0.05, 0.1) is 0 Å². The molecule has 0 bridgehead atoms. The van der Waals surface area contributed by atoms with Crippen LogP contribution in [0.2, 0.25) is 0 Å². The number of nitrogens with zero attached hydrogens (tertiary/aromatic N) is 1. The van der Waals surface area contributed by atoms with Crippen molar-refractivity contribution in [1.29, 1.82) is 0 Å². The van der Waals surface area contributed by atoms with Crippen LogP contribution in [0.15, 0.2) is 42.5 Å². The number of nitrogens with one attached hydrogen (secondary N) is 1. The summed E-state index contributed by atoms with van der Waals surface area (Å²) in [6.07, 6.45) is 2.32. The van der Waals surface area contributed by atoms with Gasteiger partial charge in [-0.3, -0.25) is 4.79 Å². The summed E-state index contributed by atoms with van der Waals surface area (Å²) >= 11 is 0. The molecule has 2 aromatic rings. The van der Waals surface area contributed by atoms with E-state index in [-0.39, 0.29) is 5.91 Å². The van der Waals surface area contributed by atoms with E-state index in [2.05, 4.69) is 17.4 Å². The van der Waals surface area contributed by atoms with Gasteiger partial charge in [0, 0.05) is 19.2 Å². The van der Waals surface area contributed by atoms with E-state index in [0.29, 0.717) is 5.92 Å². The average molecular weight is 282 g/mol. The molecule has 0 unspecified atom stereocenters. The lowest BCUT2D eigenvalue weighted by molar-refractivity contribution is 0.0764. The lowest BCUT2D eigenvalue weighted by atomic mass is 9.97. The number of carbonyl (C=O) groups excluding carboxylic acids is 1. The molecule has 21 heavy (non-hydrogen) atoms. The van der Waals surface area contributed by atoms with Crippen molar-refractivity contribution < 1.29 is 4.79 Å². The predicted octanol–water partition coefficient (Wildman–Crippen LogP) is 2.91. The second-order valence-electron chi connectivity index (χ2n) is 5.91. The van der Waals surface area contributed by atoms with E-state index < -0.39 is 0 Å². The molecule has 3 heteroatoms. The monoisotopic (exact) mass is 282 g/mol. The minimum atomic E-state index is 0.130. The summed E-state index contributed by atoms with van der Waals surface area (Å²) in [5.74, 6) is 0.750.